The number of pyridine rings is 1. The van der Waals surface area contributed by atoms with E-state index in [-0.39, 0.29) is 22.3 Å². The molecule has 0 atom stereocenters. The number of carbonyl (C=O) groups excluding carboxylic acids is 1. The Bertz CT molecular complexity index is 1670. The second-order valence-electron chi connectivity index (χ2n) is 8.52. The number of aromatic amines is 1. The van der Waals surface area contributed by atoms with Gasteiger partial charge in [-0.25, -0.2) is 35.4 Å². The van der Waals surface area contributed by atoms with E-state index >= 15 is 4.39 Å². The van der Waals surface area contributed by atoms with Crippen LogP contribution >= 0.6 is 0 Å². The minimum absolute atomic E-state index is 0.0303. The van der Waals surface area contributed by atoms with E-state index in [1.165, 1.54) is 0 Å². The lowest BCUT2D eigenvalue weighted by atomic mass is 10.0. The number of aromatic nitrogens is 2. The van der Waals surface area contributed by atoms with Crippen LogP contribution in [0.5, 0.6) is 0 Å². The third kappa shape index (κ3) is 4.61. The van der Waals surface area contributed by atoms with E-state index in [0.717, 1.165) is 25.2 Å². The summed E-state index contributed by atoms with van der Waals surface area (Å²) in [7, 11) is -4.87. The summed E-state index contributed by atoms with van der Waals surface area (Å²) >= 11 is 0. The largest absolute Gasteiger partial charge is 0.382 e. The van der Waals surface area contributed by atoms with Crippen LogP contribution in [0, 0.1) is 35.0 Å². The number of anilines is 2. The first kappa shape index (κ1) is 24.7. The molecule has 2 aromatic heterocycles. The van der Waals surface area contributed by atoms with Gasteiger partial charge in [-0.3, -0.25) is 9.52 Å². The van der Waals surface area contributed by atoms with Gasteiger partial charge in [-0.15, -0.1) is 0 Å². The monoisotopic (exact) mass is 536 g/mol. The molecule has 13 heteroatoms. The van der Waals surface area contributed by atoms with Gasteiger partial charge in [-0.1, -0.05) is 0 Å². The summed E-state index contributed by atoms with van der Waals surface area (Å²) in [6.45, 7) is 0.422. The summed E-state index contributed by atoms with van der Waals surface area (Å²) in [5.41, 5.74) is -2.32. The molecule has 192 valence electrons. The Hall–Kier alpha value is -4.00. The molecule has 3 N–H and O–H groups in total. The lowest BCUT2D eigenvalue weighted by molar-refractivity contribution is 0.103. The lowest BCUT2D eigenvalue weighted by Crippen LogP contribution is -2.18. The first-order chi connectivity index (χ1) is 17.6. The summed E-state index contributed by atoms with van der Waals surface area (Å²) in [6.07, 6.45) is 3.96. The Kier molecular flexibility index (Phi) is 6.10. The van der Waals surface area contributed by atoms with E-state index < -0.39 is 61.0 Å². The van der Waals surface area contributed by atoms with Crippen LogP contribution in [0.2, 0.25) is 0 Å². The molecular formula is C24H17F5N4O3S. The highest BCUT2D eigenvalue weighted by Crippen LogP contribution is 2.34. The number of ketones is 1. The van der Waals surface area contributed by atoms with Crippen molar-refractivity contribution in [1.82, 2.24) is 9.97 Å². The molecule has 0 amide bonds. The van der Waals surface area contributed by atoms with Crippen molar-refractivity contribution in [3.8, 4) is 0 Å². The third-order valence-electron chi connectivity index (χ3n) is 5.91. The van der Waals surface area contributed by atoms with Gasteiger partial charge in [-0.05, 0) is 49.1 Å². The number of H-pyrrole nitrogens is 1. The summed E-state index contributed by atoms with van der Waals surface area (Å²) in [5.74, 6) is -6.97. The van der Waals surface area contributed by atoms with Crippen LogP contribution in [0.1, 0.15) is 28.8 Å². The molecule has 5 rings (SSSR count). The smallest absolute Gasteiger partial charge is 0.265 e. The zero-order valence-corrected chi connectivity index (χ0v) is 19.5. The molecule has 37 heavy (non-hydrogen) atoms. The quantitative estimate of drug-likeness (QED) is 0.215. The standard InChI is InChI=1S/C24H17F5N4O3S/c25-12-3-4-14(26)18(7-12)37(35,36)33-17-6-5-15(27)20(21(17)29)23(34)13-9-31-24-19(13)22(16(28)10-32-24)30-8-11-1-2-11/h3-7,9-11,33H,1-2,8H2,(H2,30,31,32). The molecule has 0 bridgehead atoms. The maximum Gasteiger partial charge on any atom is 0.265 e. The number of nitrogens with one attached hydrogen (secondary N) is 3. The van der Waals surface area contributed by atoms with Crippen molar-refractivity contribution in [3.05, 3.63) is 82.9 Å². The van der Waals surface area contributed by atoms with Crippen LogP contribution in [0.4, 0.5) is 33.3 Å². The molecule has 0 radical (unpaired) electrons. The van der Waals surface area contributed by atoms with Crippen LogP contribution in [0.3, 0.4) is 0 Å². The van der Waals surface area contributed by atoms with E-state index in [0.29, 0.717) is 42.8 Å². The van der Waals surface area contributed by atoms with Gasteiger partial charge in [-0.2, -0.15) is 0 Å². The first-order valence-electron chi connectivity index (χ1n) is 11.0. The topological polar surface area (TPSA) is 104 Å². The SMILES string of the molecule is O=C(c1c(F)ccc(NS(=O)(=O)c2cc(F)ccc2F)c1F)c1c[nH]c2ncc(F)c(NCC3CC3)c12. The Morgan fingerprint density at radius 3 is 2.49 bits per heavy atom. The predicted molar refractivity (Wildman–Crippen MR) is 124 cm³/mol. The van der Waals surface area contributed by atoms with Crippen LogP contribution in [0.15, 0.2) is 47.6 Å². The van der Waals surface area contributed by atoms with Gasteiger partial charge in [0.2, 0.25) is 5.78 Å². The number of benzene rings is 2. The van der Waals surface area contributed by atoms with Crippen molar-refractivity contribution in [2.24, 2.45) is 5.92 Å². The molecule has 4 aromatic rings. The number of halogens is 5. The molecular weight excluding hydrogens is 519 g/mol. The van der Waals surface area contributed by atoms with E-state index in [1.807, 2.05) is 0 Å². The Morgan fingerprint density at radius 1 is 1.03 bits per heavy atom. The molecule has 0 saturated heterocycles. The fourth-order valence-electron chi connectivity index (χ4n) is 3.85. The normalized spacial score (nSPS) is 13.6. The van der Waals surface area contributed by atoms with E-state index in [4.69, 9.17) is 0 Å². The van der Waals surface area contributed by atoms with Crippen molar-refractivity contribution in [2.45, 2.75) is 17.7 Å². The Labute approximate surface area is 206 Å². The van der Waals surface area contributed by atoms with Gasteiger partial charge in [0.15, 0.2) is 11.6 Å². The third-order valence-corrected chi connectivity index (χ3v) is 7.29. The highest BCUT2D eigenvalue weighted by Gasteiger charge is 2.29. The van der Waals surface area contributed by atoms with Crippen LogP contribution in [-0.2, 0) is 10.0 Å². The van der Waals surface area contributed by atoms with Crippen molar-refractivity contribution in [1.29, 1.82) is 0 Å². The van der Waals surface area contributed by atoms with Crippen molar-refractivity contribution < 1.29 is 35.2 Å². The van der Waals surface area contributed by atoms with Gasteiger partial charge >= 0.3 is 0 Å². The summed E-state index contributed by atoms with van der Waals surface area (Å²) in [5, 5.41) is 2.89. The van der Waals surface area contributed by atoms with Crippen LogP contribution in [-0.4, -0.2) is 30.7 Å². The second kappa shape index (κ2) is 9.14. The van der Waals surface area contributed by atoms with Crippen molar-refractivity contribution in [3.63, 3.8) is 0 Å². The summed E-state index contributed by atoms with van der Waals surface area (Å²) in [4.78, 5) is 18.7. The number of hydrogen-bond donors (Lipinski definition) is 3. The van der Waals surface area contributed by atoms with Crippen LogP contribution < -0.4 is 10.0 Å². The van der Waals surface area contributed by atoms with Gasteiger partial charge in [0.1, 0.15) is 28.0 Å². The van der Waals surface area contributed by atoms with Gasteiger partial charge < -0.3 is 10.3 Å². The van der Waals surface area contributed by atoms with E-state index in [2.05, 4.69) is 15.3 Å². The predicted octanol–water partition coefficient (Wildman–Crippen LogP) is 5.11. The highest BCUT2D eigenvalue weighted by atomic mass is 32.2. The van der Waals surface area contributed by atoms with Crippen molar-refractivity contribution >= 4 is 38.2 Å². The fraction of sp³-hybridized carbons (Fsp3) is 0.167. The number of fused-ring (bicyclic) bond motifs is 1. The van der Waals surface area contributed by atoms with E-state index in [9.17, 15) is 30.8 Å². The summed E-state index contributed by atoms with van der Waals surface area (Å²) in [6, 6.07) is 2.97. The zero-order chi connectivity index (χ0) is 26.5. The molecule has 7 nitrogen and oxygen atoms in total. The molecule has 0 aliphatic heterocycles. The summed E-state index contributed by atoms with van der Waals surface area (Å²) < 4.78 is 99.1. The molecule has 1 aliphatic carbocycles. The first-order valence-corrected chi connectivity index (χ1v) is 12.4. The average molecular weight is 536 g/mol. The Morgan fingerprint density at radius 2 is 1.76 bits per heavy atom. The molecule has 1 aliphatic rings. The van der Waals surface area contributed by atoms with Gasteiger partial charge in [0, 0.05) is 12.7 Å². The minimum atomic E-state index is -4.87. The second-order valence-corrected chi connectivity index (χ2v) is 10.2. The molecule has 2 heterocycles. The highest BCUT2D eigenvalue weighted by molar-refractivity contribution is 7.92. The molecule has 1 saturated carbocycles. The molecule has 0 spiro atoms. The maximum atomic E-state index is 15.4. The van der Waals surface area contributed by atoms with Crippen LogP contribution in [0.25, 0.3) is 11.0 Å². The van der Waals surface area contributed by atoms with Crippen molar-refractivity contribution in [2.75, 3.05) is 16.6 Å². The zero-order valence-electron chi connectivity index (χ0n) is 18.7. The number of rotatable bonds is 8. The average Bonchev–Trinajstić information content (AvgIpc) is 3.58. The van der Waals surface area contributed by atoms with Gasteiger partial charge in [0.05, 0.1) is 34.1 Å². The minimum Gasteiger partial charge on any atom is -0.382 e. The molecule has 2 aromatic carbocycles. The number of hydrogen-bond acceptors (Lipinski definition) is 5. The molecule has 1 fully saturated rings. The fourth-order valence-corrected chi connectivity index (χ4v) is 5.00. The number of carbonyl (C=O) groups is 1. The van der Waals surface area contributed by atoms with Gasteiger partial charge in [0.25, 0.3) is 10.0 Å². The number of sulfonamides is 1. The maximum absolute atomic E-state index is 15.4. The lowest BCUT2D eigenvalue weighted by Gasteiger charge is -2.13. The van der Waals surface area contributed by atoms with E-state index in [1.54, 1.807) is 4.72 Å². The Balaban J connectivity index is 1.56. The molecule has 0 unspecified atom stereocenters. The number of nitrogens with zero attached hydrogens (tertiary/aromatic N) is 1.